The summed E-state index contributed by atoms with van der Waals surface area (Å²) in [6.07, 6.45) is 0.186. The van der Waals surface area contributed by atoms with Crippen LogP contribution in [0.25, 0.3) is 0 Å². The van der Waals surface area contributed by atoms with Crippen molar-refractivity contribution < 1.29 is 9.47 Å². The largest absolute Gasteiger partial charge is 0.489 e. The molecule has 1 aromatic carbocycles. The van der Waals surface area contributed by atoms with Crippen LogP contribution in [0, 0.1) is 11.3 Å². The van der Waals surface area contributed by atoms with E-state index in [1.54, 1.807) is 18.2 Å². The number of ether oxygens (including phenoxy) is 2. The summed E-state index contributed by atoms with van der Waals surface area (Å²) in [5.74, 6) is 0.534. The number of anilines is 1. The molecular weight excluding hydrogens is 204 g/mol. The van der Waals surface area contributed by atoms with Gasteiger partial charge >= 0.3 is 0 Å². The van der Waals surface area contributed by atoms with Gasteiger partial charge in [0.05, 0.1) is 24.0 Å². The van der Waals surface area contributed by atoms with Gasteiger partial charge in [-0.15, -0.1) is 0 Å². The van der Waals surface area contributed by atoms with Crippen LogP contribution in [0.4, 0.5) is 5.69 Å². The Hall–Kier alpha value is -1.73. The van der Waals surface area contributed by atoms with Crippen LogP contribution in [0.5, 0.6) is 5.75 Å². The van der Waals surface area contributed by atoms with Crippen LogP contribution < -0.4 is 10.5 Å². The average Bonchev–Trinajstić information content (AvgIpc) is 2.26. The van der Waals surface area contributed by atoms with Crippen LogP contribution in [0.15, 0.2) is 18.2 Å². The molecule has 86 valence electrons. The fourth-order valence-electron chi connectivity index (χ4n) is 1.20. The number of nitrogens with zero attached hydrogens (tertiary/aromatic N) is 1. The molecule has 1 rings (SSSR count). The zero-order valence-corrected chi connectivity index (χ0v) is 9.56. The van der Waals surface area contributed by atoms with E-state index in [-0.39, 0.29) is 6.10 Å². The number of hydrogen-bond donors (Lipinski definition) is 1. The van der Waals surface area contributed by atoms with Gasteiger partial charge in [0.1, 0.15) is 18.4 Å². The SMILES string of the molecule is CC(C)OCCOc1cccc(C#N)c1N. The van der Waals surface area contributed by atoms with Crippen molar-refractivity contribution in [3.8, 4) is 11.8 Å². The Kier molecular flexibility index (Phi) is 4.62. The number of nitriles is 1. The zero-order chi connectivity index (χ0) is 12.0. The normalized spacial score (nSPS) is 10.1. The Bertz CT molecular complexity index is 383. The second-order valence-electron chi connectivity index (χ2n) is 3.60. The van der Waals surface area contributed by atoms with Crippen molar-refractivity contribution >= 4 is 5.69 Å². The summed E-state index contributed by atoms with van der Waals surface area (Å²) >= 11 is 0. The van der Waals surface area contributed by atoms with E-state index >= 15 is 0 Å². The van der Waals surface area contributed by atoms with Gasteiger partial charge in [-0.25, -0.2) is 0 Å². The highest BCUT2D eigenvalue weighted by atomic mass is 16.5. The first-order valence-electron chi connectivity index (χ1n) is 5.18. The molecule has 2 N–H and O–H groups in total. The van der Waals surface area contributed by atoms with Gasteiger partial charge in [0.2, 0.25) is 0 Å². The molecule has 0 heterocycles. The van der Waals surface area contributed by atoms with Gasteiger partial charge in [-0.1, -0.05) is 6.07 Å². The number of benzene rings is 1. The van der Waals surface area contributed by atoms with Crippen molar-refractivity contribution in [3.63, 3.8) is 0 Å². The van der Waals surface area contributed by atoms with Crippen molar-refractivity contribution in [2.45, 2.75) is 20.0 Å². The van der Waals surface area contributed by atoms with Crippen LogP contribution in [-0.4, -0.2) is 19.3 Å². The number of nitrogens with two attached hydrogens (primary N) is 1. The molecule has 1 aromatic rings. The molecule has 0 aliphatic rings. The van der Waals surface area contributed by atoms with Crippen molar-refractivity contribution in [1.82, 2.24) is 0 Å². The molecule has 0 fully saturated rings. The predicted octanol–water partition coefficient (Wildman–Crippen LogP) is 1.94. The Morgan fingerprint density at radius 1 is 1.38 bits per heavy atom. The maximum absolute atomic E-state index is 8.78. The highest BCUT2D eigenvalue weighted by Gasteiger charge is 2.05. The zero-order valence-electron chi connectivity index (χ0n) is 9.56. The van der Waals surface area contributed by atoms with Crippen molar-refractivity contribution in [3.05, 3.63) is 23.8 Å². The van der Waals surface area contributed by atoms with Crippen LogP contribution in [0.3, 0.4) is 0 Å². The molecule has 0 unspecified atom stereocenters. The van der Waals surface area contributed by atoms with Gasteiger partial charge in [-0.3, -0.25) is 0 Å². The lowest BCUT2D eigenvalue weighted by Crippen LogP contribution is -2.12. The Morgan fingerprint density at radius 2 is 2.12 bits per heavy atom. The molecule has 0 aromatic heterocycles. The molecule has 4 heteroatoms. The first kappa shape index (κ1) is 12.3. The van der Waals surface area contributed by atoms with Gasteiger partial charge in [-0.2, -0.15) is 5.26 Å². The molecule has 0 spiro atoms. The molecule has 0 aliphatic carbocycles. The first-order chi connectivity index (χ1) is 7.65. The van der Waals surface area contributed by atoms with E-state index < -0.39 is 0 Å². The van der Waals surface area contributed by atoms with Crippen LogP contribution in [0.1, 0.15) is 19.4 Å². The van der Waals surface area contributed by atoms with E-state index in [0.717, 1.165) is 0 Å². The molecule has 0 bridgehead atoms. The summed E-state index contributed by atoms with van der Waals surface area (Å²) in [5.41, 5.74) is 6.56. The molecular formula is C12H16N2O2. The summed E-state index contributed by atoms with van der Waals surface area (Å²) < 4.78 is 10.8. The Balaban J connectivity index is 2.52. The highest BCUT2D eigenvalue weighted by Crippen LogP contribution is 2.24. The lowest BCUT2D eigenvalue weighted by molar-refractivity contribution is 0.0554. The van der Waals surface area contributed by atoms with Gasteiger partial charge in [0.25, 0.3) is 0 Å². The predicted molar refractivity (Wildman–Crippen MR) is 62.2 cm³/mol. The van der Waals surface area contributed by atoms with E-state index in [1.807, 2.05) is 19.9 Å². The number of rotatable bonds is 5. The maximum atomic E-state index is 8.78. The summed E-state index contributed by atoms with van der Waals surface area (Å²) in [4.78, 5) is 0. The van der Waals surface area contributed by atoms with Crippen LogP contribution in [-0.2, 0) is 4.74 Å². The smallest absolute Gasteiger partial charge is 0.143 e. The number of hydrogen-bond acceptors (Lipinski definition) is 4. The quantitative estimate of drug-likeness (QED) is 0.608. The summed E-state index contributed by atoms with van der Waals surface area (Å²) in [7, 11) is 0. The standard InChI is InChI=1S/C12H16N2O2/c1-9(2)15-6-7-16-11-5-3-4-10(8-13)12(11)14/h3-5,9H,6-7,14H2,1-2H3. The van der Waals surface area contributed by atoms with Gasteiger partial charge < -0.3 is 15.2 Å². The van der Waals surface area contributed by atoms with Crippen LogP contribution in [0.2, 0.25) is 0 Å². The molecule has 16 heavy (non-hydrogen) atoms. The van der Waals surface area contributed by atoms with E-state index in [1.165, 1.54) is 0 Å². The van der Waals surface area contributed by atoms with Gasteiger partial charge in [-0.05, 0) is 26.0 Å². The topological polar surface area (TPSA) is 68.3 Å². The molecule has 0 saturated carbocycles. The lowest BCUT2D eigenvalue weighted by atomic mass is 10.2. The van der Waals surface area contributed by atoms with Crippen molar-refractivity contribution in [2.75, 3.05) is 18.9 Å². The van der Waals surface area contributed by atoms with Crippen molar-refractivity contribution in [2.24, 2.45) is 0 Å². The van der Waals surface area contributed by atoms with E-state index in [4.69, 9.17) is 20.5 Å². The minimum absolute atomic E-state index is 0.186. The third kappa shape index (κ3) is 3.44. The second-order valence-corrected chi connectivity index (χ2v) is 3.60. The number of nitrogen functional groups attached to an aromatic ring is 1. The minimum atomic E-state index is 0.186. The lowest BCUT2D eigenvalue weighted by Gasteiger charge is -2.11. The fraction of sp³-hybridized carbons (Fsp3) is 0.417. The van der Waals surface area contributed by atoms with Crippen molar-refractivity contribution in [1.29, 1.82) is 5.26 Å². The Morgan fingerprint density at radius 3 is 2.75 bits per heavy atom. The first-order valence-corrected chi connectivity index (χ1v) is 5.18. The monoisotopic (exact) mass is 220 g/mol. The maximum Gasteiger partial charge on any atom is 0.143 e. The molecule has 0 saturated heterocycles. The van der Waals surface area contributed by atoms with Crippen LogP contribution >= 0.6 is 0 Å². The summed E-state index contributed by atoms with van der Waals surface area (Å²) in [6.45, 7) is 4.86. The third-order valence-corrected chi connectivity index (χ3v) is 1.98. The highest BCUT2D eigenvalue weighted by molar-refractivity contribution is 5.62. The number of para-hydroxylation sites is 1. The van der Waals surface area contributed by atoms with E-state index in [2.05, 4.69) is 0 Å². The molecule has 0 atom stereocenters. The molecule has 0 radical (unpaired) electrons. The van der Waals surface area contributed by atoms with E-state index in [9.17, 15) is 0 Å². The Labute approximate surface area is 95.6 Å². The third-order valence-electron chi connectivity index (χ3n) is 1.98. The van der Waals surface area contributed by atoms with Gasteiger partial charge in [0, 0.05) is 0 Å². The van der Waals surface area contributed by atoms with E-state index in [0.29, 0.717) is 30.2 Å². The average molecular weight is 220 g/mol. The summed E-state index contributed by atoms with van der Waals surface area (Å²) in [6, 6.07) is 7.15. The molecule has 4 nitrogen and oxygen atoms in total. The molecule has 0 amide bonds. The molecule has 0 aliphatic heterocycles. The second kappa shape index (κ2) is 5.99. The summed E-state index contributed by atoms with van der Waals surface area (Å²) in [5, 5.41) is 8.78. The minimum Gasteiger partial charge on any atom is -0.489 e. The fourth-order valence-corrected chi connectivity index (χ4v) is 1.20. The van der Waals surface area contributed by atoms with Gasteiger partial charge in [0.15, 0.2) is 0 Å².